The second-order valence-corrected chi connectivity index (χ2v) is 12.5. The number of carbonyl (C=O) groups excluding carboxylic acids is 1. The molecule has 1 aliphatic rings. The summed E-state index contributed by atoms with van der Waals surface area (Å²) in [5.41, 5.74) is 4.13. The van der Waals surface area contributed by atoms with Crippen molar-refractivity contribution < 1.29 is 23.2 Å². The van der Waals surface area contributed by atoms with Crippen LogP contribution in [0.1, 0.15) is 42.6 Å². The molecule has 5 rings (SSSR count). The number of hydrogen-bond acceptors (Lipinski definition) is 8. The van der Waals surface area contributed by atoms with Gasteiger partial charge in [0.25, 0.3) is 10.0 Å². The first-order valence-corrected chi connectivity index (χ1v) is 14.8. The zero-order valence-electron chi connectivity index (χ0n) is 21.3. The highest BCUT2D eigenvalue weighted by molar-refractivity contribution is 7.91. The smallest absolute Gasteiger partial charge is 0.253 e. The third-order valence-corrected chi connectivity index (χ3v) is 10.3. The van der Waals surface area contributed by atoms with Crippen LogP contribution in [0.15, 0.2) is 77.1 Å². The van der Waals surface area contributed by atoms with E-state index in [0.717, 1.165) is 21.8 Å². The maximum Gasteiger partial charge on any atom is 0.253 e. The Morgan fingerprint density at radius 3 is 2.64 bits per heavy atom. The van der Waals surface area contributed by atoms with Crippen molar-refractivity contribution in [1.29, 1.82) is 0 Å². The Morgan fingerprint density at radius 2 is 1.92 bits per heavy atom. The summed E-state index contributed by atoms with van der Waals surface area (Å²) in [6, 6.07) is 19.8. The third-order valence-electron chi connectivity index (χ3n) is 6.83. The molecule has 1 amide bonds. The van der Waals surface area contributed by atoms with Gasteiger partial charge in [-0.15, -0.1) is 16.4 Å². The molecular formula is C27H29N5O5S2. The van der Waals surface area contributed by atoms with E-state index in [1.807, 2.05) is 60.7 Å². The van der Waals surface area contributed by atoms with Crippen molar-refractivity contribution in [3.8, 4) is 16.2 Å². The van der Waals surface area contributed by atoms with Crippen molar-refractivity contribution in [2.24, 2.45) is 0 Å². The Hall–Kier alpha value is -3.58. The molecule has 0 saturated carbocycles. The molecule has 2 aromatic carbocycles. The summed E-state index contributed by atoms with van der Waals surface area (Å²) in [7, 11) is -2.16. The monoisotopic (exact) mass is 567 g/mol. The van der Waals surface area contributed by atoms with Gasteiger partial charge in [0.2, 0.25) is 5.91 Å². The predicted molar refractivity (Wildman–Crippen MR) is 146 cm³/mol. The number of benzene rings is 2. The largest absolute Gasteiger partial charge is 0.497 e. The quantitative estimate of drug-likeness (QED) is 0.217. The Labute approximate surface area is 230 Å². The number of rotatable bonds is 10. The van der Waals surface area contributed by atoms with Crippen LogP contribution >= 0.6 is 11.3 Å². The number of methoxy groups -OCH3 is 1. The number of carbonyl (C=O) groups is 1. The number of thiophene rings is 1. The Balaban J connectivity index is 1.38. The van der Waals surface area contributed by atoms with Crippen LogP contribution in [-0.4, -0.2) is 52.5 Å². The number of hydroxylamine groups is 1. The van der Waals surface area contributed by atoms with Crippen LogP contribution in [0.2, 0.25) is 0 Å². The Kier molecular flexibility index (Phi) is 8.07. The van der Waals surface area contributed by atoms with Gasteiger partial charge in [0.05, 0.1) is 31.8 Å². The maximum absolute atomic E-state index is 13.7. The molecule has 0 spiro atoms. The molecule has 204 valence electrons. The second-order valence-electron chi connectivity index (χ2n) is 9.33. The summed E-state index contributed by atoms with van der Waals surface area (Å²) >= 11 is 1.25. The first-order chi connectivity index (χ1) is 18.9. The van der Waals surface area contributed by atoms with Gasteiger partial charge in [-0.3, -0.25) is 10.0 Å². The fraction of sp³-hybridized carbons (Fsp3) is 0.296. The SMILES string of the molecule is COc1ccc(C[C@@H](CC(=O)NO)n2cc([C@@H]3CCCN3S(=O)(=O)c3ccc(-c4ccccc4)s3)nn2)cc1. The summed E-state index contributed by atoms with van der Waals surface area (Å²) < 4.78 is 35.9. The molecule has 4 aromatic rings. The van der Waals surface area contributed by atoms with Gasteiger partial charge < -0.3 is 4.74 Å². The van der Waals surface area contributed by atoms with E-state index in [1.54, 1.807) is 29.5 Å². The van der Waals surface area contributed by atoms with E-state index >= 15 is 0 Å². The highest BCUT2D eigenvalue weighted by Gasteiger charge is 2.38. The lowest BCUT2D eigenvalue weighted by Gasteiger charge is -2.21. The summed E-state index contributed by atoms with van der Waals surface area (Å²) in [5, 5.41) is 17.7. The molecule has 1 saturated heterocycles. The Bertz CT molecular complexity index is 1520. The van der Waals surface area contributed by atoms with E-state index in [2.05, 4.69) is 10.3 Å². The number of hydrogen-bond donors (Lipinski definition) is 2. The molecule has 0 unspecified atom stereocenters. The average molecular weight is 568 g/mol. The van der Waals surface area contributed by atoms with Crippen LogP contribution in [0.4, 0.5) is 0 Å². The normalized spacial score (nSPS) is 16.7. The number of aromatic nitrogens is 3. The van der Waals surface area contributed by atoms with Gasteiger partial charge in [-0.2, -0.15) is 4.31 Å². The van der Waals surface area contributed by atoms with E-state index in [9.17, 15) is 13.2 Å². The topological polar surface area (TPSA) is 127 Å². The predicted octanol–water partition coefficient (Wildman–Crippen LogP) is 4.22. The van der Waals surface area contributed by atoms with Gasteiger partial charge >= 0.3 is 0 Å². The van der Waals surface area contributed by atoms with Crippen molar-refractivity contribution in [3.63, 3.8) is 0 Å². The van der Waals surface area contributed by atoms with Crippen LogP contribution in [0, 0.1) is 0 Å². The van der Waals surface area contributed by atoms with E-state index < -0.39 is 28.0 Å². The van der Waals surface area contributed by atoms with Crippen LogP contribution in [0.25, 0.3) is 10.4 Å². The van der Waals surface area contributed by atoms with Crippen molar-refractivity contribution >= 4 is 27.3 Å². The second kappa shape index (κ2) is 11.7. The Morgan fingerprint density at radius 1 is 1.15 bits per heavy atom. The molecule has 2 N–H and O–H groups in total. The van der Waals surface area contributed by atoms with Gasteiger partial charge in [0.1, 0.15) is 15.7 Å². The van der Waals surface area contributed by atoms with Crippen LogP contribution < -0.4 is 10.2 Å². The first-order valence-electron chi connectivity index (χ1n) is 12.5. The molecule has 1 aliphatic heterocycles. The molecule has 0 bridgehead atoms. The number of nitrogens with one attached hydrogen (secondary N) is 1. The van der Waals surface area contributed by atoms with Crippen molar-refractivity contribution in [3.05, 3.63) is 84.2 Å². The number of ether oxygens (including phenoxy) is 1. The van der Waals surface area contributed by atoms with Gasteiger partial charge in [0.15, 0.2) is 0 Å². The lowest BCUT2D eigenvalue weighted by atomic mass is 10.0. The minimum atomic E-state index is -3.75. The average Bonchev–Trinajstić information content (AvgIpc) is 3.74. The minimum Gasteiger partial charge on any atom is -0.497 e. The fourth-order valence-electron chi connectivity index (χ4n) is 4.83. The van der Waals surface area contributed by atoms with E-state index in [0.29, 0.717) is 31.5 Å². The van der Waals surface area contributed by atoms with Gasteiger partial charge in [-0.05, 0) is 54.7 Å². The number of sulfonamides is 1. The lowest BCUT2D eigenvalue weighted by Crippen LogP contribution is -2.30. The molecule has 2 aromatic heterocycles. The van der Waals surface area contributed by atoms with Crippen molar-refractivity contribution in [2.45, 2.75) is 42.0 Å². The number of amides is 1. The third kappa shape index (κ3) is 5.88. The summed E-state index contributed by atoms with van der Waals surface area (Å²) in [4.78, 5) is 13.0. The molecule has 1 fully saturated rings. The fourth-order valence-corrected chi connectivity index (χ4v) is 7.94. The van der Waals surface area contributed by atoms with E-state index in [4.69, 9.17) is 9.94 Å². The molecule has 0 radical (unpaired) electrons. The highest BCUT2D eigenvalue weighted by atomic mass is 32.2. The molecule has 39 heavy (non-hydrogen) atoms. The van der Waals surface area contributed by atoms with Gasteiger partial charge in [-0.1, -0.05) is 47.7 Å². The zero-order valence-corrected chi connectivity index (χ0v) is 22.9. The zero-order chi connectivity index (χ0) is 27.4. The molecule has 3 heterocycles. The molecule has 12 heteroatoms. The van der Waals surface area contributed by atoms with Crippen molar-refractivity contribution in [2.75, 3.05) is 13.7 Å². The van der Waals surface area contributed by atoms with Gasteiger partial charge in [-0.25, -0.2) is 18.6 Å². The van der Waals surface area contributed by atoms with Crippen LogP contribution in [0.5, 0.6) is 5.75 Å². The van der Waals surface area contributed by atoms with E-state index in [-0.39, 0.29) is 10.6 Å². The van der Waals surface area contributed by atoms with Crippen LogP contribution in [-0.2, 0) is 21.2 Å². The van der Waals surface area contributed by atoms with E-state index in [1.165, 1.54) is 15.6 Å². The molecule has 0 aliphatic carbocycles. The summed E-state index contributed by atoms with van der Waals surface area (Å²) in [5.74, 6) is 0.165. The molecular weight excluding hydrogens is 538 g/mol. The summed E-state index contributed by atoms with van der Waals surface area (Å²) in [6.45, 7) is 0.390. The van der Waals surface area contributed by atoms with Crippen LogP contribution in [0.3, 0.4) is 0 Å². The molecule has 2 atom stereocenters. The lowest BCUT2D eigenvalue weighted by molar-refractivity contribution is -0.130. The van der Waals surface area contributed by atoms with Crippen molar-refractivity contribution in [1.82, 2.24) is 24.8 Å². The molecule has 10 nitrogen and oxygen atoms in total. The minimum absolute atomic E-state index is 0.0323. The van der Waals surface area contributed by atoms with Gasteiger partial charge in [0, 0.05) is 11.4 Å². The first kappa shape index (κ1) is 27.0. The summed E-state index contributed by atoms with van der Waals surface area (Å²) in [6.07, 6.45) is 3.45. The maximum atomic E-state index is 13.7. The number of nitrogens with zero attached hydrogens (tertiary/aromatic N) is 4. The highest BCUT2D eigenvalue weighted by Crippen LogP contribution is 2.39. The standard InChI is InChI=1S/C27H29N5O5S2/c1-37-22-11-9-19(10-12-22)16-21(17-26(33)29-34)31-18-23(28-30-31)24-8-5-15-32(24)39(35,36)27-14-13-25(38-27)20-6-3-2-4-7-20/h2-4,6-7,9-14,18,21,24,34H,5,8,15-17H2,1H3,(H,29,33)/t21-,24-/m0/s1.